The summed E-state index contributed by atoms with van der Waals surface area (Å²) in [4.78, 5) is 4.03. The number of hydrogen-bond donors (Lipinski definition) is 0. The lowest BCUT2D eigenvalue weighted by Crippen LogP contribution is -2.11. The summed E-state index contributed by atoms with van der Waals surface area (Å²) in [5.41, 5.74) is 0. The van der Waals surface area contributed by atoms with Gasteiger partial charge in [0.1, 0.15) is 0 Å². The predicted molar refractivity (Wildman–Crippen MR) is 43.7 cm³/mol. The van der Waals surface area contributed by atoms with E-state index in [9.17, 15) is 0 Å². The highest BCUT2D eigenvalue weighted by Gasteiger charge is 1.96. The van der Waals surface area contributed by atoms with Crippen molar-refractivity contribution in [2.75, 3.05) is 0 Å². The van der Waals surface area contributed by atoms with Gasteiger partial charge >= 0.3 is 0 Å². The second-order valence-corrected chi connectivity index (χ2v) is 4.67. The molecule has 0 aliphatic rings. The molecule has 1 aromatic heterocycles. The Bertz CT molecular complexity index is 188. The molecule has 3 heteroatoms. The lowest BCUT2D eigenvalue weighted by Gasteiger charge is -2.05. The van der Waals surface area contributed by atoms with Crippen LogP contribution in [0.4, 0.5) is 0 Å². The van der Waals surface area contributed by atoms with E-state index in [0.29, 0.717) is 0 Å². The molecule has 0 unspecified atom stereocenters. The zero-order valence-electron chi connectivity index (χ0n) is 6.24. The SMILES string of the molecule is C[SiH](C)Oc1ccccn1. The van der Waals surface area contributed by atoms with Crippen molar-refractivity contribution in [1.82, 2.24) is 4.98 Å². The normalized spacial score (nSPS) is 9.90. The second kappa shape index (κ2) is 3.36. The van der Waals surface area contributed by atoms with Gasteiger partial charge in [0.25, 0.3) is 0 Å². The van der Waals surface area contributed by atoms with Crippen molar-refractivity contribution in [2.24, 2.45) is 0 Å². The molecule has 1 rings (SSSR count). The Hall–Kier alpha value is -0.833. The fraction of sp³-hybridized carbons (Fsp3) is 0.286. The predicted octanol–water partition coefficient (Wildman–Crippen LogP) is 1.44. The van der Waals surface area contributed by atoms with Gasteiger partial charge in [-0.1, -0.05) is 6.07 Å². The molecule has 54 valence electrons. The summed E-state index contributed by atoms with van der Waals surface area (Å²) >= 11 is 0. The minimum Gasteiger partial charge on any atom is -0.534 e. The highest BCUT2D eigenvalue weighted by molar-refractivity contribution is 6.49. The van der Waals surface area contributed by atoms with Gasteiger partial charge in [-0.15, -0.1) is 0 Å². The van der Waals surface area contributed by atoms with Crippen molar-refractivity contribution in [2.45, 2.75) is 13.1 Å². The summed E-state index contributed by atoms with van der Waals surface area (Å²) in [7, 11) is -0.960. The van der Waals surface area contributed by atoms with Crippen LogP contribution < -0.4 is 4.43 Å². The van der Waals surface area contributed by atoms with Crippen molar-refractivity contribution in [3.8, 4) is 5.88 Å². The molecule has 0 fully saturated rings. The van der Waals surface area contributed by atoms with Crippen LogP contribution in [-0.2, 0) is 0 Å². The molecule has 0 amide bonds. The Kier molecular flexibility index (Phi) is 2.45. The van der Waals surface area contributed by atoms with Crippen molar-refractivity contribution in [1.29, 1.82) is 0 Å². The third-order valence-corrected chi connectivity index (χ3v) is 1.71. The maximum absolute atomic E-state index is 5.44. The summed E-state index contributed by atoms with van der Waals surface area (Å²) in [6.07, 6.45) is 1.74. The Morgan fingerprint density at radius 1 is 1.40 bits per heavy atom. The van der Waals surface area contributed by atoms with Gasteiger partial charge in [-0.05, 0) is 25.2 Å². The first-order valence-electron chi connectivity index (χ1n) is 3.37. The highest BCUT2D eigenvalue weighted by atomic mass is 28.3. The van der Waals surface area contributed by atoms with Crippen LogP contribution in [0.1, 0.15) is 0 Å². The van der Waals surface area contributed by atoms with E-state index in [1.807, 2.05) is 18.2 Å². The number of nitrogens with zero attached hydrogens (tertiary/aromatic N) is 1. The molecule has 10 heavy (non-hydrogen) atoms. The zero-order chi connectivity index (χ0) is 7.40. The van der Waals surface area contributed by atoms with E-state index >= 15 is 0 Å². The molecule has 0 atom stereocenters. The molecular weight excluding hydrogens is 142 g/mol. The average Bonchev–Trinajstić information content (AvgIpc) is 1.88. The molecule has 0 aliphatic carbocycles. The monoisotopic (exact) mass is 153 g/mol. The molecule has 2 nitrogen and oxygen atoms in total. The molecule has 0 bridgehead atoms. The van der Waals surface area contributed by atoms with Gasteiger partial charge in [0.05, 0.1) is 0 Å². The third-order valence-electron chi connectivity index (χ3n) is 0.994. The maximum Gasteiger partial charge on any atom is 0.231 e. The zero-order valence-corrected chi connectivity index (χ0v) is 7.40. The van der Waals surface area contributed by atoms with Crippen LogP contribution in [0.5, 0.6) is 5.88 Å². The molecule has 1 aromatic rings. The van der Waals surface area contributed by atoms with Gasteiger partial charge in [0.2, 0.25) is 9.04 Å². The minimum atomic E-state index is -0.960. The van der Waals surface area contributed by atoms with Crippen LogP contribution in [-0.4, -0.2) is 14.0 Å². The summed E-state index contributed by atoms with van der Waals surface area (Å²) in [6, 6.07) is 5.70. The van der Waals surface area contributed by atoms with E-state index in [1.165, 1.54) is 0 Å². The van der Waals surface area contributed by atoms with E-state index in [1.54, 1.807) is 6.20 Å². The number of pyridine rings is 1. The molecule has 1 heterocycles. The molecule has 0 aromatic carbocycles. The van der Waals surface area contributed by atoms with Crippen LogP contribution in [0.2, 0.25) is 13.1 Å². The van der Waals surface area contributed by atoms with Crippen molar-refractivity contribution in [3.05, 3.63) is 24.4 Å². The number of aromatic nitrogens is 1. The summed E-state index contributed by atoms with van der Waals surface area (Å²) < 4.78 is 5.44. The largest absolute Gasteiger partial charge is 0.534 e. The molecule has 0 radical (unpaired) electrons. The number of rotatable bonds is 2. The lowest BCUT2D eigenvalue weighted by atomic mass is 10.5. The molecule has 0 saturated heterocycles. The van der Waals surface area contributed by atoms with Gasteiger partial charge in [0.15, 0.2) is 5.88 Å². The summed E-state index contributed by atoms with van der Waals surface area (Å²) in [5, 5.41) is 0. The standard InChI is InChI=1S/C7H11NOSi/c1-10(2)9-7-5-3-4-6-8-7/h3-6,10H,1-2H3. The van der Waals surface area contributed by atoms with Gasteiger partial charge in [-0.3, -0.25) is 0 Å². The molecule has 0 aliphatic heterocycles. The number of hydrogen-bond acceptors (Lipinski definition) is 2. The van der Waals surface area contributed by atoms with E-state index < -0.39 is 9.04 Å². The van der Waals surface area contributed by atoms with E-state index in [-0.39, 0.29) is 0 Å². The van der Waals surface area contributed by atoms with Gasteiger partial charge in [-0.25, -0.2) is 4.98 Å². The molecule has 0 saturated carbocycles. The molecule has 0 spiro atoms. The Morgan fingerprint density at radius 2 is 2.20 bits per heavy atom. The highest BCUT2D eigenvalue weighted by Crippen LogP contribution is 2.03. The fourth-order valence-corrected chi connectivity index (χ4v) is 1.28. The minimum absolute atomic E-state index is 0.754. The van der Waals surface area contributed by atoms with Crippen LogP contribution in [0.15, 0.2) is 24.4 Å². The van der Waals surface area contributed by atoms with E-state index in [2.05, 4.69) is 18.1 Å². The topological polar surface area (TPSA) is 22.1 Å². The van der Waals surface area contributed by atoms with Crippen molar-refractivity contribution >= 4 is 9.04 Å². The van der Waals surface area contributed by atoms with Crippen molar-refractivity contribution in [3.63, 3.8) is 0 Å². The first-order valence-corrected chi connectivity index (χ1v) is 6.15. The summed E-state index contributed by atoms with van der Waals surface area (Å²) in [5.74, 6) is 0.754. The second-order valence-electron chi connectivity index (χ2n) is 2.33. The van der Waals surface area contributed by atoms with Gasteiger partial charge < -0.3 is 4.43 Å². The van der Waals surface area contributed by atoms with Crippen molar-refractivity contribution < 1.29 is 4.43 Å². The smallest absolute Gasteiger partial charge is 0.231 e. The summed E-state index contributed by atoms with van der Waals surface area (Å²) in [6.45, 7) is 4.24. The van der Waals surface area contributed by atoms with E-state index in [0.717, 1.165) is 5.88 Å². The lowest BCUT2D eigenvalue weighted by molar-refractivity contribution is 0.555. The van der Waals surface area contributed by atoms with E-state index in [4.69, 9.17) is 4.43 Å². The Morgan fingerprint density at radius 3 is 2.70 bits per heavy atom. The van der Waals surface area contributed by atoms with Crippen LogP contribution in [0.3, 0.4) is 0 Å². The average molecular weight is 153 g/mol. The maximum atomic E-state index is 5.44. The Balaban J connectivity index is 2.59. The Labute approximate surface area is 62.6 Å². The van der Waals surface area contributed by atoms with Crippen LogP contribution in [0.25, 0.3) is 0 Å². The van der Waals surface area contributed by atoms with Gasteiger partial charge in [0, 0.05) is 6.20 Å². The third kappa shape index (κ3) is 2.19. The van der Waals surface area contributed by atoms with Gasteiger partial charge in [-0.2, -0.15) is 0 Å². The fourth-order valence-electron chi connectivity index (χ4n) is 0.658. The van der Waals surface area contributed by atoms with Crippen LogP contribution >= 0.6 is 0 Å². The van der Waals surface area contributed by atoms with Crippen LogP contribution in [0, 0.1) is 0 Å². The molecule has 0 N–H and O–H groups in total. The first-order chi connectivity index (χ1) is 4.79. The first kappa shape index (κ1) is 7.28. The molecular formula is C7H11NOSi. The quantitative estimate of drug-likeness (QED) is 0.600.